The van der Waals surface area contributed by atoms with Crippen LogP contribution in [0.4, 0.5) is 17.1 Å². The van der Waals surface area contributed by atoms with Gasteiger partial charge in [-0.25, -0.2) is 0 Å². The number of aryl methyl sites for hydroxylation is 1. The maximum absolute atomic E-state index is 6.77. The highest BCUT2D eigenvalue weighted by Gasteiger charge is 2.44. The summed E-state index contributed by atoms with van der Waals surface area (Å²) in [6, 6.07) is 44.0. The van der Waals surface area contributed by atoms with Crippen LogP contribution in [0.15, 0.2) is 126 Å². The molecule has 0 atom stereocenters. The number of furan rings is 1. The third-order valence-corrected chi connectivity index (χ3v) is 9.29. The number of aromatic nitrogens is 1. The van der Waals surface area contributed by atoms with E-state index in [1.165, 1.54) is 60.8 Å². The van der Waals surface area contributed by atoms with E-state index >= 15 is 0 Å². The number of anilines is 3. The molecule has 2 aliphatic heterocycles. The first-order valence-corrected chi connectivity index (χ1v) is 14.2. The Morgan fingerprint density at radius 1 is 0.610 bits per heavy atom. The van der Waals surface area contributed by atoms with Crippen molar-refractivity contribution in [1.82, 2.24) is 4.48 Å². The zero-order valence-corrected chi connectivity index (χ0v) is 22.4. The molecular formula is C37H23BN2O. The van der Waals surface area contributed by atoms with Crippen LogP contribution in [0.3, 0.4) is 0 Å². The number of rotatable bonds is 1. The first-order valence-electron chi connectivity index (χ1n) is 14.2. The number of fused-ring (bicyclic) bond motifs is 11. The van der Waals surface area contributed by atoms with Crippen LogP contribution in [-0.4, -0.2) is 11.3 Å². The lowest BCUT2D eigenvalue weighted by Gasteiger charge is -2.41. The molecule has 8 aromatic rings. The average molecular weight is 522 g/mol. The predicted octanol–water partition coefficient (Wildman–Crippen LogP) is 8.42. The van der Waals surface area contributed by atoms with Crippen molar-refractivity contribution < 1.29 is 4.42 Å². The number of para-hydroxylation sites is 4. The molecule has 0 bridgehead atoms. The second kappa shape index (κ2) is 7.49. The molecule has 4 heterocycles. The Hall–Kier alpha value is -5.22. The van der Waals surface area contributed by atoms with Crippen molar-refractivity contribution in [3.63, 3.8) is 0 Å². The van der Waals surface area contributed by atoms with Crippen LogP contribution in [0.1, 0.15) is 5.56 Å². The summed E-state index contributed by atoms with van der Waals surface area (Å²) in [6.07, 6.45) is 0. The van der Waals surface area contributed by atoms with Crippen LogP contribution < -0.4 is 15.8 Å². The molecule has 0 radical (unpaired) electrons. The van der Waals surface area contributed by atoms with Gasteiger partial charge in [-0.2, -0.15) is 0 Å². The third-order valence-electron chi connectivity index (χ3n) is 9.29. The SMILES string of the molecule is Cc1cccc2c1B1c3c(cc4c(oc5ccccc54)c3-c3cccc4c5ccccc5n1c34)N2c1ccccc1. The third kappa shape index (κ3) is 2.56. The van der Waals surface area contributed by atoms with Gasteiger partial charge in [0.1, 0.15) is 11.2 Å². The number of benzene rings is 6. The Morgan fingerprint density at radius 3 is 2.27 bits per heavy atom. The van der Waals surface area contributed by atoms with Gasteiger partial charge in [0.05, 0.1) is 0 Å². The maximum Gasteiger partial charge on any atom is 0.333 e. The van der Waals surface area contributed by atoms with Gasteiger partial charge in [-0.05, 0) is 54.2 Å². The van der Waals surface area contributed by atoms with E-state index < -0.39 is 0 Å². The normalized spacial score (nSPS) is 13.4. The van der Waals surface area contributed by atoms with Crippen molar-refractivity contribution >= 4 is 78.6 Å². The highest BCUT2D eigenvalue weighted by molar-refractivity contribution is 6.90. The van der Waals surface area contributed by atoms with Crippen molar-refractivity contribution in [2.24, 2.45) is 0 Å². The Morgan fingerprint density at radius 2 is 1.37 bits per heavy atom. The molecule has 4 heteroatoms. The van der Waals surface area contributed by atoms with Gasteiger partial charge >= 0.3 is 6.85 Å². The Balaban J connectivity index is 1.50. The van der Waals surface area contributed by atoms with E-state index in [4.69, 9.17) is 4.42 Å². The van der Waals surface area contributed by atoms with E-state index in [9.17, 15) is 0 Å². The van der Waals surface area contributed by atoms with Crippen molar-refractivity contribution in [3.05, 3.63) is 127 Å². The lowest BCUT2D eigenvalue weighted by Crippen LogP contribution is -2.57. The fourth-order valence-corrected chi connectivity index (χ4v) is 7.71. The fraction of sp³-hybridized carbons (Fsp3) is 0.0270. The standard InChI is InChI=1S/C37H23BN2O/c1-22-11-9-19-30-34(22)38-35-31(39(30)23-12-3-2-4-13-23)21-28-25-15-6-8-20-32(25)41-37(28)33(35)27-17-10-16-26-24-14-5-7-18-29(24)40(38)36(26)27/h2-21H,1H3. The van der Waals surface area contributed by atoms with Crippen molar-refractivity contribution in [2.45, 2.75) is 6.92 Å². The van der Waals surface area contributed by atoms with Crippen LogP contribution in [0, 0.1) is 6.92 Å². The summed E-state index contributed by atoms with van der Waals surface area (Å²) in [5, 5.41) is 4.89. The van der Waals surface area contributed by atoms with E-state index in [1.54, 1.807) is 0 Å². The minimum Gasteiger partial charge on any atom is -0.455 e. The minimum absolute atomic E-state index is 0.0195. The molecule has 0 spiro atoms. The molecule has 2 aromatic heterocycles. The molecule has 0 saturated heterocycles. The number of hydrogen-bond acceptors (Lipinski definition) is 2. The van der Waals surface area contributed by atoms with Crippen molar-refractivity contribution in [2.75, 3.05) is 4.90 Å². The van der Waals surface area contributed by atoms with Crippen molar-refractivity contribution in [1.29, 1.82) is 0 Å². The molecule has 0 unspecified atom stereocenters. The molecule has 190 valence electrons. The summed E-state index contributed by atoms with van der Waals surface area (Å²) < 4.78 is 9.38. The van der Waals surface area contributed by atoms with Crippen LogP contribution >= 0.6 is 0 Å². The van der Waals surface area contributed by atoms with Crippen LogP contribution in [0.2, 0.25) is 0 Å². The number of hydrogen-bond donors (Lipinski definition) is 0. The van der Waals surface area contributed by atoms with E-state index in [1.807, 2.05) is 0 Å². The van der Waals surface area contributed by atoms with E-state index in [2.05, 4.69) is 138 Å². The fourth-order valence-electron chi connectivity index (χ4n) is 7.71. The van der Waals surface area contributed by atoms with Gasteiger partial charge in [-0.1, -0.05) is 90.5 Å². The summed E-state index contributed by atoms with van der Waals surface area (Å²) in [4.78, 5) is 2.47. The van der Waals surface area contributed by atoms with Crippen LogP contribution in [0.25, 0.3) is 54.9 Å². The molecule has 0 amide bonds. The van der Waals surface area contributed by atoms with E-state index in [-0.39, 0.29) is 6.85 Å². The van der Waals surface area contributed by atoms with Gasteiger partial charge in [0.25, 0.3) is 0 Å². The molecule has 0 aliphatic carbocycles. The average Bonchev–Trinajstić information content (AvgIpc) is 3.56. The lowest BCUT2D eigenvalue weighted by atomic mass is 9.44. The summed E-state index contributed by atoms with van der Waals surface area (Å²) in [5.41, 5.74) is 14.5. The zero-order valence-electron chi connectivity index (χ0n) is 22.4. The van der Waals surface area contributed by atoms with Gasteiger partial charge in [0.15, 0.2) is 0 Å². The second-order valence-corrected chi connectivity index (χ2v) is 11.3. The molecule has 0 fully saturated rings. The molecule has 0 saturated carbocycles. The smallest absolute Gasteiger partial charge is 0.333 e. The predicted molar refractivity (Wildman–Crippen MR) is 172 cm³/mol. The quantitative estimate of drug-likeness (QED) is 0.202. The Bertz CT molecular complexity index is 2400. The highest BCUT2D eigenvalue weighted by atomic mass is 16.3. The van der Waals surface area contributed by atoms with Gasteiger partial charge < -0.3 is 13.8 Å². The highest BCUT2D eigenvalue weighted by Crippen LogP contribution is 2.49. The summed E-state index contributed by atoms with van der Waals surface area (Å²) in [7, 11) is 0. The molecule has 41 heavy (non-hydrogen) atoms. The van der Waals surface area contributed by atoms with Gasteiger partial charge in [0, 0.05) is 60.8 Å². The molecular weight excluding hydrogens is 499 g/mol. The Kier molecular flexibility index (Phi) is 3.95. The topological polar surface area (TPSA) is 21.3 Å². The molecule has 10 rings (SSSR count). The lowest BCUT2D eigenvalue weighted by molar-refractivity contribution is 0.670. The summed E-state index contributed by atoms with van der Waals surface area (Å²) in [5.74, 6) is 0. The van der Waals surface area contributed by atoms with E-state index in [0.29, 0.717) is 0 Å². The van der Waals surface area contributed by atoms with Crippen molar-refractivity contribution in [3.8, 4) is 11.1 Å². The van der Waals surface area contributed by atoms with Gasteiger partial charge in [0.2, 0.25) is 0 Å². The zero-order chi connectivity index (χ0) is 26.8. The van der Waals surface area contributed by atoms with Gasteiger partial charge in [-0.3, -0.25) is 0 Å². The Labute approximate surface area is 237 Å². The first-order chi connectivity index (χ1) is 20.3. The molecule has 6 aromatic carbocycles. The summed E-state index contributed by atoms with van der Waals surface area (Å²) in [6.45, 7) is 2.28. The largest absolute Gasteiger partial charge is 0.455 e. The monoisotopic (exact) mass is 522 g/mol. The summed E-state index contributed by atoms with van der Waals surface area (Å²) >= 11 is 0. The maximum atomic E-state index is 6.77. The van der Waals surface area contributed by atoms with Gasteiger partial charge in [-0.15, -0.1) is 0 Å². The van der Waals surface area contributed by atoms with E-state index in [0.717, 1.165) is 27.6 Å². The minimum atomic E-state index is 0.0195. The van der Waals surface area contributed by atoms with Crippen LogP contribution in [0.5, 0.6) is 0 Å². The van der Waals surface area contributed by atoms with Crippen LogP contribution in [-0.2, 0) is 0 Å². The molecule has 2 aliphatic rings. The second-order valence-electron chi connectivity index (χ2n) is 11.3. The molecule has 3 nitrogen and oxygen atoms in total. The first kappa shape index (κ1) is 21.6. The number of nitrogens with zero attached hydrogens (tertiary/aromatic N) is 2. The molecule has 0 N–H and O–H groups in total.